The van der Waals surface area contributed by atoms with Gasteiger partial charge in [0.2, 0.25) is 0 Å². The summed E-state index contributed by atoms with van der Waals surface area (Å²) in [7, 11) is 1.61. The first-order chi connectivity index (χ1) is 11.9. The molecule has 7 heteroatoms. The Labute approximate surface area is 154 Å². The van der Waals surface area contributed by atoms with Gasteiger partial charge in [0.1, 0.15) is 11.5 Å². The monoisotopic (exact) mass is 376 g/mol. The third kappa shape index (κ3) is 4.03. The molecule has 1 heterocycles. The number of amides is 1. The van der Waals surface area contributed by atoms with Gasteiger partial charge in [0.05, 0.1) is 17.3 Å². The van der Waals surface area contributed by atoms with Crippen LogP contribution in [0.3, 0.4) is 0 Å². The van der Waals surface area contributed by atoms with Gasteiger partial charge in [0.15, 0.2) is 10.7 Å². The SMILES string of the molecule is COc1ccc2nc(NC(=O)C(C)(C)Oc3ccc(Cl)cc3)sc2c1. The van der Waals surface area contributed by atoms with Crippen molar-refractivity contribution in [2.24, 2.45) is 0 Å². The number of carbonyl (C=O) groups is 1. The summed E-state index contributed by atoms with van der Waals surface area (Å²) in [6.45, 7) is 3.40. The predicted octanol–water partition coefficient (Wildman–Crippen LogP) is 4.75. The number of thiazole rings is 1. The van der Waals surface area contributed by atoms with Crippen molar-refractivity contribution in [2.75, 3.05) is 12.4 Å². The first-order valence-electron chi connectivity index (χ1n) is 7.58. The summed E-state index contributed by atoms with van der Waals surface area (Å²) in [6, 6.07) is 12.5. The minimum absolute atomic E-state index is 0.284. The number of halogens is 1. The first-order valence-corrected chi connectivity index (χ1v) is 8.77. The van der Waals surface area contributed by atoms with Gasteiger partial charge in [-0.1, -0.05) is 22.9 Å². The molecule has 0 radical (unpaired) electrons. The average molecular weight is 377 g/mol. The van der Waals surface area contributed by atoms with Crippen molar-refractivity contribution in [1.82, 2.24) is 4.98 Å². The molecule has 0 aliphatic carbocycles. The number of ether oxygens (including phenoxy) is 2. The second kappa shape index (κ2) is 6.90. The Kier molecular flexibility index (Phi) is 4.83. The number of methoxy groups -OCH3 is 1. The number of hydrogen-bond donors (Lipinski definition) is 1. The van der Waals surface area contributed by atoms with E-state index < -0.39 is 5.60 Å². The minimum Gasteiger partial charge on any atom is -0.497 e. The van der Waals surface area contributed by atoms with E-state index in [1.807, 2.05) is 18.2 Å². The van der Waals surface area contributed by atoms with Gasteiger partial charge in [-0.2, -0.15) is 0 Å². The van der Waals surface area contributed by atoms with Gasteiger partial charge in [0, 0.05) is 5.02 Å². The molecule has 1 aromatic heterocycles. The van der Waals surface area contributed by atoms with Crippen molar-refractivity contribution in [3.63, 3.8) is 0 Å². The van der Waals surface area contributed by atoms with E-state index in [0.29, 0.717) is 15.9 Å². The molecule has 5 nitrogen and oxygen atoms in total. The molecule has 3 aromatic rings. The average Bonchev–Trinajstić information content (AvgIpc) is 2.97. The Balaban J connectivity index is 1.74. The maximum Gasteiger partial charge on any atom is 0.269 e. The predicted molar refractivity (Wildman–Crippen MR) is 101 cm³/mol. The van der Waals surface area contributed by atoms with E-state index in [1.54, 1.807) is 45.2 Å². The number of anilines is 1. The van der Waals surface area contributed by atoms with Crippen LogP contribution in [0.2, 0.25) is 5.02 Å². The maximum atomic E-state index is 12.6. The fourth-order valence-electron chi connectivity index (χ4n) is 2.18. The highest BCUT2D eigenvalue weighted by atomic mass is 35.5. The van der Waals surface area contributed by atoms with Crippen molar-refractivity contribution in [1.29, 1.82) is 0 Å². The highest BCUT2D eigenvalue weighted by Crippen LogP contribution is 2.30. The van der Waals surface area contributed by atoms with Crippen LogP contribution in [-0.2, 0) is 4.79 Å². The Morgan fingerprint density at radius 3 is 2.52 bits per heavy atom. The van der Waals surface area contributed by atoms with Crippen LogP contribution in [0.4, 0.5) is 5.13 Å². The second-order valence-electron chi connectivity index (χ2n) is 5.87. The standard InChI is InChI=1S/C18H17ClN2O3S/c1-18(2,24-12-6-4-11(19)5-7-12)16(22)21-17-20-14-9-8-13(23-3)10-15(14)25-17/h4-10H,1-3H3,(H,20,21,22). The fraction of sp³-hybridized carbons (Fsp3) is 0.222. The molecule has 0 aliphatic heterocycles. The number of aromatic nitrogens is 1. The zero-order chi connectivity index (χ0) is 18.0. The van der Waals surface area contributed by atoms with Crippen LogP contribution in [0.5, 0.6) is 11.5 Å². The van der Waals surface area contributed by atoms with Crippen LogP contribution >= 0.6 is 22.9 Å². The van der Waals surface area contributed by atoms with Crippen molar-refractivity contribution in [3.8, 4) is 11.5 Å². The van der Waals surface area contributed by atoms with E-state index >= 15 is 0 Å². The van der Waals surface area contributed by atoms with Gasteiger partial charge < -0.3 is 9.47 Å². The number of hydrogen-bond acceptors (Lipinski definition) is 5. The van der Waals surface area contributed by atoms with Gasteiger partial charge in [-0.3, -0.25) is 10.1 Å². The molecule has 1 N–H and O–H groups in total. The summed E-state index contributed by atoms with van der Waals surface area (Å²) in [5, 5.41) is 3.94. The van der Waals surface area contributed by atoms with E-state index in [1.165, 1.54) is 11.3 Å². The number of benzene rings is 2. The van der Waals surface area contributed by atoms with Gasteiger partial charge in [-0.15, -0.1) is 0 Å². The third-order valence-electron chi connectivity index (χ3n) is 3.55. The van der Waals surface area contributed by atoms with E-state index in [2.05, 4.69) is 10.3 Å². The lowest BCUT2D eigenvalue weighted by atomic mass is 10.1. The Morgan fingerprint density at radius 2 is 1.84 bits per heavy atom. The van der Waals surface area contributed by atoms with Crippen molar-refractivity contribution in [2.45, 2.75) is 19.4 Å². The number of nitrogens with zero attached hydrogens (tertiary/aromatic N) is 1. The van der Waals surface area contributed by atoms with Crippen LogP contribution in [-0.4, -0.2) is 23.6 Å². The zero-order valence-electron chi connectivity index (χ0n) is 14.0. The smallest absolute Gasteiger partial charge is 0.269 e. The molecule has 3 rings (SSSR count). The van der Waals surface area contributed by atoms with Crippen molar-refractivity contribution >= 4 is 44.2 Å². The third-order valence-corrected chi connectivity index (χ3v) is 4.74. The fourth-order valence-corrected chi connectivity index (χ4v) is 3.19. The maximum absolute atomic E-state index is 12.6. The van der Waals surface area contributed by atoms with Crippen LogP contribution < -0.4 is 14.8 Å². The second-order valence-corrected chi connectivity index (χ2v) is 7.34. The van der Waals surface area contributed by atoms with Crippen LogP contribution in [0.25, 0.3) is 10.2 Å². The summed E-state index contributed by atoms with van der Waals surface area (Å²) in [5.41, 5.74) is -0.263. The highest BCUT2D eigenvalue weighted by Gasteiger charge is 2.30. The Morgan fingerprint density at radius 1 is 1.16 bits per heavy atom. The zero-order valence-corrected chi connectivity index (χ0v) is 15.6. The van der Waals surface area contributed by atoms with Gasteiger partial charge in [-0.25, -0.2) is 4.98 Å². The van der Waals surface area contributed by atoms with Gasteiger partial charge >= 0.3 is 0 Å². The summed E-state index contributed by atoms with van der Waals surface area (Å²) in [6.07, 6.45) is 0. The molecule has 0 saturated carbocycles. The molecule has 0 saturated heterocycles. The van der Waals surface area contributed by atoms with Crippen LogP contribution in [0.15, 0.2) is 42.5 Å². The van der Waals surface area contributed by atoms with E-state index in [4.69, 9.17) is 21.1 Å². The molecule has 0 aliphatic rings. The number of carbonyl (C=O) groups excluding carboxylic acids is 1. The molecular weight excluding hydrogens is 360 g/mol. The topological polar surface area (TPSA) is 60.5 Å². The lowest BCUT2D eigenvalue weighted by Gasteiger charge is -2.24. The van der Waals surface area contributed by atoms with E-state index in [-0.39, 0.29) is 5.91 Å². The van der Waals surface area contributed by atoms with Gasteiger partial charge in [-0.05, 0) is 56.3 Å². The molecule has 2 aromatic carbocycles. The van der Waals surface area contributed by atoms with Crippen LogP contribution in [0.1, 0.15) is 13.8 Å². The lowest BCUT2D eigenvalue weighted by molar-refractivity contribution is -0.128. The molecule has 0 spiro atoms. The molecule has 1 amide bonds. The van der Waals surface area contributed by atoms with E-state index in [9.17, 15) is 4.79 Å². The normalized spacial score (nSPS) is 11.4. The van der Waals surface area contributed by atoms with E-state index in [0.717, 1.165) is 16.0 Å². The summed E-state index contributed by atoms with van der Waals surface area (Å²) < 4.78 is 11.9. The molecule has 25 heavy (non-hydrogen) atoms. The molecule has 0 atom stereocenters. The Bertz CT molecular complexity index is 906. The lowest BCUT2D eigenvalue weighted by Crippen LogP contribution is -2.42. The first kappa shape index (κ1) is 17.5. The molecular formula is C18H17ClN2O3S. The number of rotatable bonds is 5. The van der Waals surface area contributed by atoms with Gasteiger partial charge in [0.25, 0.3) is 5.91 Å². The summed E-state index contributed by atoms with van der Waals surface area (Å²) in [5.74, 6) is 1.03. The number of nitrogens with one attached hydrogen (secondary N) is 1. The summed E-state index contributed by atoms with van der Waals surface area (Å²) >= 11 is 7.25. The molecule has 130 valence electrons. The van der Waals surface area contributed by atoms with Crippen molar-refractivity contribution in [3.05, 3.63) is 47.5 Å². The highest BCUT2D eigenvalue weighted by molar-refractivity contribution is 7.22. The largest absolute Gasteiger partial charge is 0.497 e. The van der Waals surface area contributed by atoms with Crippen LogP contribution in [0, 0.1) is 0 Å². The molecule has 0 fully saturated rings. The summed E-state index contributed by atoms with van der Waals surface area (Å²) in [4.78, 5) is 17.0. The minimum atomic E-state index is -1.07. The molecule has 0 bridgehead atoms. The molecule has 0 unspecified atom stereocenters. The quantitative estimate of drug-likeness (QED) is 0.697. The number of fused-ring (bicyclic) bond motifs is 1. The van der Waals surface area contributed by atoms with Crippen molar-refractivity contribution < 1.29 is 14.3 Å². The Hall–Kier alpha value is -2.31.